The minimum atomic E-state index is -0.362. The zero-order valence-electron chi connectivity index (χ0n) is 10.6. The predicted molar refractivity (Wildman–Crippen MR) is 78.3 cm³/mol. The summed E-state index contributed by atoms with van der Waals surface area (Å²) in [4.78, 5) is 1.47. The van der Waals surface area contributed by atoms with Gasteiger partial charge in [0.1, 0.15) is 5.82 Å². The van der Waals surface area contributed by atoms with Crippen molar-refractivity contribution >= 4 is 21.6 Å². The van der Waals surface area contributed by atoms with Gasteiger partial charge >= 0.3 is 0 Å². The maximum atomic E-state index is 13.2. The molecule has 20 heavy (non-hydrogen) atoms. The fraction of sp³-hybridized carbons (Fsp3) is 0.133. The van der Waals surface area contributed by atoms with E-state index in [-0.39, 0.29) is 12.4 Å². The molecule has 0 aliphatic carbocycles. The van der Waals surface area contributed by atoms with Crippen LogP contribution in [0.25, 0.3) is 0 Å². The highest BCUT2D eigenvalue weighted by Gasteiger charge is 2.09. The van der Waals surface area contributed by atoms with Crippen LogP contribution in [0.1, 0.15) is 11.1 Å². The zero-order chi connectivity index (χ0) is 14.5. The minimum Gasteiger partial charge on any atom is -0.392 e. The Morgan fingerprint density at radius 2 is 1.80 bits per heavy atom. The number of rotatable bonds is 4. The Hall–Kier alpha value is -1.90. The van der Waals surface area contributed by atoms with E-state index in [2.05, 4.69) is 22.1 Å². The molecule has 0 fully saturated rings. The third-order valence-electron chi connectivity index (χ3n) is 2.88. The molecule has 2 rings (SSSR count). The average molecular weight is 335 g/mol. The highest BCUT2D eigenvalue weighted by molar-refractivity contribution is 9.10. The summed E-state index contributed by atoms with van der Waals surface area (Å²) in [5, 5.41) is 18.2. The fourth-order valence-corrected chi connectivity index (χ4v) is 2.14. The second-order valence-electron chi connectivity index (χ2n) is 4.26. The predicted octanol–water partition coefficient (Wildman–Crippen LogP) is 3.57. The van der Waals surface area contributed by atoms with Crippen molar-refractivity contribution in [2.45, 2.75) is 13.2 Å². The van der Waals surface area contributed by atoms with E-state index in [0.29, 0.717) is 16.7 Å². The molecule has 0 aromatic heterocycles. The Morgan fingerprint density at radius 3 is 2.35 bits per heavy atom. The van der Waals surface area contributed by atoms with Crippen LogP contribution >= 0.6 is 15.9 Å². The normalized spacial score (nSPS) is 10.1. The van der Waals surface area contributed by atoms with E-state index in [1.807, 2.05) is 24.3 Å². The van der Waals surface area contributed by atoms with Crippen LogP contribution in [0.4, 0.5) is 10.1 Å². The molecule has 5 heteroatoms. The Morgan fingerprint density at radius 1 is 1.15 bits per heavy atom. The van der Waals surface area contributed by atoms with Crippen LogP contribution in [0.3, 0.4) is 0 Å². The van der Waals surface area contributed by atoms with Gasteiger partial charge in [-0.3, -0.25) is 4.90 Å². The molecule has 0 radical (unpaired) electrons. The van der Waals surface area contributed by atoms with Crippen molar-refractivity contribution in [1.82, 2.24) is 0 Å². The van der Waals surface area contributed by atoms with Gasteiger partial charge in [0.15, 0.2) is 6.19 Å². The van der Waals surface area contributed by atoms with Gasteiger partial charge in [-0.1, -0.05) is 24.3 Å². The van der Waals surface area contributed by atoms with Crippen molar-refractivity contribution in [3.63, 3.8) is 0 Å². The van der Waals surface area contributed by atoms with E-state index in [9.17, 15) is 9.65 Å². The molecule has 0 aliphatic rings. The van der Waals surface area contributed by atoms with Crippen LogP contribution in [0, 0.1) is 17.3 Å². The van der Waals surface area contributed by atoms with Crippen LogP contribution in [-0.2, 0) is 13.2 Å². The number of aliphatic hydroxyl groups excluding tert-OH is 1. The van der Waals surface area contributed by atoms with Gasteiger partial charge in [-0.25, -0.2) is 4.39 Å². The smallest absolute Gasteiger partial charge is 0.184 e. The standard InChI is InChI=1S/C15H12BrFN2O/c16-14-7-13(5-6-15(14)17)19(10-18)8-11-1-3-12(9-20)4-2-11/h1-7,20H,8-9H2. The van der Waals surface area contributed by atoms with Gasteiger partial charge < -0.3 is 5.11 Å². The molecule has 0 bridgehead atoms. The van der Waals surface area contributed by atoms with E-state index >= 15 is 0 Å². The van der Waals surface area contributed by atoms with Gasteiger partial charge in [-0.05, 0) is 45.3 Å². The number of aliphatic hydroxyl groups is 1. The molecule has 0 amide bonds. The average Bonchev–Trinajstić information content (AvgIpc) is 2.48. The van der Waals surface area contributed by atoms with Crippen molar-refractivity contribution < 1.29 is 9.50 Å². The highest BCUT2D eigenvalue weighted by atomic mass is 79.9. The third kappa shape index (κ3) is 3.35. The summed E-state index contributed by atoms with van der Waals surface area (Å²) in [5.41, 5.74) is 2.37. The van der Waals surface area contributed by atoms with Gasteiger partial charge in [0.2, 0.25) is 0 Å². The Labute approximate surface area is 125 Å². The van der Waals surface area contributed by atoms with Crippen LogP contribution in [0.5, 0.6) is 0 Å². The fourth-order valence-electron chi connectivity index (χ4n) is 1.77. The highest BCUT2D eigenvalue weighted by Crippen LogP contribution is 2.24. The lowest BCUT2D eigenvalue weighted by molar-refractivity contribution is 0.282. The number of hydrogen-bond donors (Lipinski definition) is 1. The molecular weight excluding hydrogens is 323 g/mol. The molecule has 0 saturated carbocycles. The maximum absolute atomic E-state index is 13.2. The SMILES string of the molecule is N#CN(Cc1ccc(CO)cc1)c1ccc(F)c(Br)c1. The minimum absolute atomic E-state index is 0.00679. The molecule has 0 unspecified atom stereocenters. The first-order valence-electron chi connectivity index (χ1n) is 5.95. The summed E-state index contributed by atoms with van der Waals surface area (Å²) in [6.45, 7) is 0.382. The van der Waals surface area contributed by atoms with E-state index in [1.165, 1.54) is 11.0 Å². The van der Waals surface area contributed by atoms with Crippen molar-refractivity contribution in [2.24, 2.45) is 0 Å². The number of nitriles is 1. The lowest BCUT2D eigenvalue weighted by Crippen LogP contribution is -2.15. The second-order valence-corrected chi connectivity index (χ2v) is 5.11. The summed E-state index contributed by atoms with van der Waals surface area (Å²) >= 11 is 3.11. The van der Waals surface area contributed by atoms with E-state index in [4.69, 9.17) is 5.11 Å². The molecule has 0 heterocycles. The maximum Gasteiger partial charge on any atom is 0.184 e. The second kappa shape index (κ2) is 6.51. The number of nitrogens with zero attached hydrogens (tertiary/aromatic N) is 2. The lowest BCUT2D eigenvalue weighted by Gasteiger charge is -2.16. The van der Waals surface area contributed by atoms with Crippen LogP contribution in [-0.4, -0.2) is 5.11 Å². The largest absolute Gasteiger partial charge is 0.392 e. The van der Waals surface area contributed by atoms with Gasteiger partial charge in [-0.15, -0.1) is 0 Å². The van der Waals surface area contributed by atoms with Gasteiger partial charge in [0.25, 0.3) is 0 Å². The van der Waals surface area contributed by atoms with Crippen molar-refractivity contribution in [3.05, 3.63) is 63.9 Å². The first kappa shape index (κ1) is 14.5. The van der Waals surface area contributed by atoms with Crippen molar-refractivity contribution in [2.75, 3.05) is 4.90 Å². The van der Waals surface area contributed by atoms with E-state index in [0.717, 1.165) is 11.1 Å². The molecule has 0 spiro atoms. The number of hydrogen-bond acceptors (Lipinski definition) is 3. The lowest BCUT2D eigenvalue weighted by atomic mass is 10.1. The number of halogens is 2. The van der Waals surface area contributed by atoms with Gasteiger partial charge in [0, 0.05) is 0 Å². The first-order valence-corrected chi connectivity index (χ1v) is 6.74. The molecular formula is C15H12BrFN2O. The summed E-state index contributed by atoms with van der Waals surface area (Å²) in [5.74, 6) is -0.362. The molecule has 3 nitrogen and oxygen atoms in total. The van der Waals surface area contributed by atoms with Crippen LogP contribution in [0.15, 0.2) is 46.9 Å². The molecule has 102 valence electrons. The van der Waals surface area contributed by atoms with Crippen LogP contribution < -0.4 is 4.90 Å². The summed E-state index contributed by atoms with van der Waals surface area (Å²) < 4.78 is 13.5. The number of benzene rings is 2. The number of anilines is 1. The Balaban J connectivity index is 2.19. The molecule has 0 atom stereocenters. The van der Waals surface area contributed by atoms with Crippen molar-refractivity contribution in [1.29, 1.82) is 5.26 Å². The topological polar surface area (TPSA) is 47.3 Å². The molecule has 1 N–H and O–H groups in total. The third-order valence-corrected chi connectivity index (χ3v) is 3.49. The molecule has 2 aromatic rings. The quantitative estimate of drug-likeness (QED) is 0.686. The molecule has 0 saturated heterocycles. The van der Waals surface area contributed by atoms with E-state index in [1.54, 1.807) is 12.1 Å². The van der Waals surface area contributed by atoms with Gasteiger partial charge in [-0.2, -0.15) is 5.26 Å². The van der Waals surface area contributed by atoms with Crippen LogP contribution in [0.2, 0.25) is 0 Å². The Bertz CT molecular complexity index is 637. The van der Waals surface area contributed by atoms with E-state index < -0.39 is 0 Å². The monoisotopic (exact) mass is 334 g/mol. The molecule has 0 aliphatic heterocycles. The first-order chi connectivity index (χ1) is 9.63. The van der Waals surface area contributed by atoms with Gasteiger partial charge in [0.05, 0.1) is 23.3 Å². The molecule has 2 aromatic carbocycles. The summed E-state index contributed by atoms with van der Waals surface area (Å²) in [6, 6.07) is 11.8. The summed E-state index contributed by atoms with van der Waals surface area (Å²) in [7, 11) is 0. The zero-order valence-corrected chi connectivity index (χ0v) is 12.1. The Kier molecular flexibility index (Phi) is 4.72. The summed E-state index contributed by atoms with van der Waals surface area (Å²) in [6.07, 6.45) is 2.08. The van der Waals surface area contributed by atoms with Crippen molar-refractivity contribution in [3.8, 4) is 6.19 Å².